The third kappa shape index (κ3) is 2.51. The summed E-state index contributed by atoms with van der Waals surface area (Å²) < 4.78 is 34.7. The van der Waals surface area contributed by atoms with E-state index in [0.29, 0.717) is 26.3 Å². The Kier molecular flexibility index (Phi) is 3.47. The number of ether oxygens (including phenoxy) is 2. The van der Waals surface area contributed by atoms with Gasteiger partial charge in [-0.25, -0.2) is 0 Å². The third-order valence-corrected chi connectivity index (χ3v) is 4.93. The minimum absolute atomic E-state index is 0.240. The van der Waals surface area contributed by atoms with Crippen LogP contribution in [0, 0.1) is 5.92 Å². The SMILES string of the molecule is CC1(C2CCN(S(=O)(=O)Cl)CC2)OCCO1. The van der Waals surface area contributed by atoms with Crippen LogP contribution in [-0.2, 0) is 18.7 Å². The van der Waals surface area contributed by atoms with Gasteiger partial charge in [0.1, 0.15) is 0 Å². The smallest absolute Gasteiger partial charge is 0.299 e. The summed E-state index contributed by atoms with van der Waals surface area (Å²) in [5.74, 6) is -0.299. The fourth-order valence-corrected chi connectivity index (χ4v) is 3.43. The third-order valence-electron chi connectivity index (χ3n) is 3.36. The highest BCUT2D eigenvalue weighted by molar-refractivity contribution is 8.11. The van der Waals surface area contributed by atoms with Crippen LogP contribution in [0.3, 0.4) is 0 Å². The normalized spacial score (nSPS) is 28.4. The molecule has 0 unspecified atom stereocenters. The molecule has 7 heteroatoms. The van der Waals surface area contributed by atoms with Gasteiger partial charge in [0.2, 0.25) is 0 Å². The molecule has 0 atom stereocenters. The standard InChI is InChI=1S/C9H16ClNO4S/c1-9(14-6-7-15-9)8-2-4-11(5-3-8)16(10,12)13/h8H,2-7H2,1H3. The van der Waals surface area contributed by atoms with Gasteiger partial charge in [-0.3, -0.25) is 0 Å². The summed E-state index contributed by atoms with van der Waals surface area (Å²) in [5, 5.41) is 0. The minimum Gasteiger partial charge on any atom is -0.348 e. The van der Waals surface area contributed by atoms with Crippen molar-refractivity contribution in [3.63, 3.8) is 0 Å². The Hall–Kier alpha value is 0.120. The molecule has 0 aromatic heterocycles. The summed E-state index contributed by atoms with van der Waals surface area (Å²) in [6, 6.07) is 0. The van der Waals surface area contributed by atoms with Gasteiger partial charge in [0.15, 0.2) is 5.79 Å². The lowest BCUT2D eigenvalue weighted by Crippen LogP contribution is -2.44. The zero-order valence-corrected chi connectivity index (χ0v) is 10.8. The van der Waals surface area contributed by atoms with Crippen LogP contribution < -0.4 is 0 Å². The van der Waals surface area contributed by atoms with Crippen molar-refractivity contribution in [2.24, 2.45) is 5.92 Å². The van der Waals surface area contributed by atoms with Crippen LogP contribution in [0.2, 0.25) is 0 Å². The molecule has 16 heavy (non-hydrogen) atoms. The maximum atomic E-state index is 11.1. The van der Waals surface area contributed by atoms with Crippen LogP contribution in [0.25, 0.3) is 0 Å². The number of nitrogens with zero attached hydrogens (tertiary/aromatic N) is 1. The van der Waals surface area contributed by atoms with E-state index in [-0.39, 0.29) is 5.92 Å². The first-order valence-corrected chi connectivity index (χ1v) is 7.66. The second kappa shape index (κ2) is 4.42. The van der Waals surface area contributed by atoms with E-state index in [1.807, 2.05) is 6.92 Å². The molecule has 0 aromatic carbocycles. The van der Waals surface area contributed by atoms with E-state index < -0.39 is 15.0 Å². The van der Waals surface area contributed by atoms with Crippen LogP contribution in [0.15, 0.2) is 0 Å². The zero-order chi connectivity index (χ0) is 11.8. The molecule has 0 radical (unpaired) electrons. The highest BCUT2D eigenvalue weighted by atomic mass is 35.7. The molecule has 2 aliphatic rings. The Morgan fingerprint density at radius 2 is 1.75 bits per heavy atom. The Bertz CT molecular complexity index is 345. The minimum atomic E-state index is -3.57. The lowest BCUT2D eigenvalue weighted by atomic mass is 9.90. The lowest BCUT2D eigenvalue weighted by molar-refractivity contribution is -0.188. The average Bonchev–Trinajstić information content (AvgIpc) is 2.66. The van der Waals surface area contributed by atoms with Gasteiger partial charge in [-0.15, -0.1) is 0 Å². The molecule has 0 aliphatic carbocycles. The quantitative estimate of drug-likeness (QED) is 0.701. The van der Waals surface area contributed by atoms with E-state index in [2.05, 4.69) is 0 Å². The van der Waals surface area contributed by atoms with Crippen molar-refractivity contribution in [3.05, 3.63) is 0 Å². The van der Waals surface area contributed by atoms with Crippen LogP contribution in [0.5, 0.6) is 0 Å². The summed E-state index contributed by atoms with van der Waals surface area (Å²) in [7, 11) is 1.72. The summed E-state index contributed by atoms with van der Waals surface area (Å²) in [5.41, 5.74) is 0. The van der Waals surface area contributed by atoms with E-state index in [9.17, 15) is 8.42 Å². The molecule has 2 rings (SSSR count). The van der Waals surface area contributed by atoms with Crippen molar-refractivity contribution in [3.8, 4) is 0 Å². The van der Waals surface area contributed by atoms with E-state index >= 15 is 0 Å². The molecule has 0 spiro atoms. The molecule has 2 saturated heterocycles. The van der Waals surface area contributed by atoms with Gasteiger partial charge in [0, 0.05) is 29.7 Å². The number of hydrogen-bond acceptors (Lipinski definition) is 4. The molecule has 2 heterocycles. The highest BCUT2D eigenvalue weighted by Gasteiger charge is 2.42. The Labute approximate surface area is 100 Å². The lowest BCUT2D eigenvalue weighted by Gasteiger charge is -2.37. The van der Waals surface area contributed by atoms with Crippen LogP contribution in [0.4, 0.5) is 0 Å². The van der Waals surface area contributed by atoms with Crippen LogP contribution >= 0.6 is 10.7 Å². The molecule has 2 aliphatic heterocycles. The van der Waals surface area contributed by atoms with E-state index in [0.717, 1.165) is 12.8 Å². The van der Waals surface area contributed by atoms with Crippen molar-refractivity contribution in [2.75, 3.05) is 26.3 Å². The fraction of sp³-hybridized carbons (Fsp3) is 1.00. The number of hydrogen-bond donors (Lipinski definition) is 0. The summed E-state index contributed by atoms with van der Waals surface area (Å²) in [6.45, 7) is 4.04. The molecule has 0 saturated carbocycles. The molecule has 0 aromatic rings. The predicted molar refractivity (Wildman–Crippen MR) is 59.4 cm³/mol. The van der Waals surface area contributed by atoms with Crippen molar-refractivity contribution in [1.82, 2.24) is 4.31 Å². The maximum absolute atomic E-state index is 11.1. The van der Waals surface area contributed by atoms with Crippen LogP contribution in [-0.4, -0.2) is 44.8 Å². The van der Waals surface area contributed by atoms with Gasteiger partial charge in [0.25, 0.3) is 9.24 Å². The van der Waals surface area contributed by atoms with Crippen molar-refractivity contribution >= 4 is 19.9 Å². The molecule has 2 fully saturated rings. The first-order chi connectivity index (χ1) is 7.42. The van der Waals surface area contributed by atoms with Crippen molar-refractivity contribution in [2.45, 2.75) is 25.6 Å². The fourth-order valence-electron chi connectivity index (χ4n) is 2.36. The van der Waals surface area contributed by atoms with Gasteiger partial charge in [0.05, 0.1) is 13.2 Å². The van der Waals surface area contributed by atoms with Gasteiger partial charge in [-0.05, 0) is 19.8 Å². The molecule has 5 nitrogen and oxygen atoms in total. The van der Waals surface area contributed by atoms with Gasteiger partial charge in [-0.2, -0.15) is 12.7 Å². The zero-order valence-electron chi connectivity index (χ0n) is 9.19. The predicted octanol–water partition coefficient (Wildman–Crippen LogP) is 0.945. The Morgan fingerprint density at radius 1 is 1.25 bits per heavy atom. The van der Waals surface area contributed by atoms with E-state index in [1.165, 1.54) is 4.31 Å². The molecular weight excluding hydrogens is 254 g/mol. The molecule has 94 valence electrons. The molecule has 0 amide bonds. The summed E-state index contributed by atoms with van der Waals surface area (Å²) >= 11 is 0. The first-order valence-electron chi connectivity index (χ1n) is 5.39. The Morgan fingerprint density at radius 3 is 2.19 bits per heavy atom. The maximum Gasteiger partial charge on any atom is 0.299 e. The van der Waals surface area contributed by atoms with Crippen molar-refractivity contribution in [1.29, 1.82) is 0 Å². The second-order valence-corrected chi connectivity index (χ2v) is 6.84. The number of piperidine rings is 1. The molecule has 0 bridgehead atoms. The Balaban J connectivity index is 1.95. The summed E-state index contributed by atoms with van der Waals surface area (Å²) in [6.07, 6.45) is 1.45. The van der Waals surface area contributed by atoms with Gasteiger partial charge >= 0.3 is 0 Å². The monoisotopic (exact) mass is 269 g/mol. The van der Waals surface area contributed by atoms with E-state index in [1.54, 1.807) is 0 Å². The molecular formula is C9H16ClNO4S. The van der Waals surface area contributed by atoms with Gasteiger partial charge < -0.3 is 9.47 Å². The summed E-state index contributed by atoms with van der Waals surface area (Å²) in [4.78, 5) is 0. The van der Waals surface area contributed by atoms with Crippen molar-refractivity contribution < 1.29 is 17.9 Å². The highest BCUT2D eigenvalue weighted by Crippen LogP contribution is 2.35. The largest absolute Gasteiger partial charge is 0.348 e. The van der Waals surface area contributed by atoms with E-state index in [4.69, 9.17) is 20.2 Å². The molecule has 0 N–H and O–H groups in total. The average molecular weight is 270 g/mol. The second-order valence-electron chi connectivity index (χ2n) is 4.33. The topological polar surface area (TPSA) is 55.8 Å². The number of rotatable bonds is 2. The van der Waals surface area contributed by atoms with Crippen LogP contribution in [0.1, 0.15) is 19.8 Å². The number of halogens is 1. The first kappa shape index (κ1) is 12.6. The van der Waals surface area contributed by atoms with Gasteiger partial charge in [-0.1, -0.05) is 0 Å².